The molecule has 0 aromatic carbocycles. The normalized spacial score (nSPS) is 11.0. The highest BCUT2D eigenvalue weighted by Gasteiger charge is 2.14. The van der Waals surface area contributed by atoms with E-state index < -0.39 is 13.7 Å². The number of carbonyl (C=O) groups excluding carboxylic acids is 1. The average molecular weight is 155 g/mol. The Balaban J connectivity index is 3.53. The molecule has 0 saturated carbocycles. The summed E-state index contributed by atoms with van der Waals surface area (Å²) in [5, 5.41) is 0. The van der Waals surface area contributed by atoms with E-state index in [9.17, 15) is 9.36 Å². The monoisotopic (exact) mass is 155 g/mol. The lowest BCUT2D eigenvalue weighted by atomic mass is 10.8. The van der Waals surface area contributed by atoms with E-state index in [0.29, 0.717) is 0 Å². The molecule has 0 aliphatic heterocycles. The Labute approximate surface area is 51.0 Å². The maximum Gasteiger partial charge on any atom is 0.491 e. The van der Waals surface area contributed by atoms with Crippen LogP contribution in [-0.2, 0) is 14.0 Å². The molecule has 1 amide bonds. The first-order chi connectivity index (χ1) is 3.92. The van der Waals surface area contributed by atoms with E-state index in [1.807, 2.05) is 0 Å². The maximum atomic E-state index is 9.91. The first kappa shape index (κ1) is 8.58. The van der Waals surface area contributed by atoms with Crippen LogP contribution in [0.15, 0.2) is 0 Å². The summed E-state index contributed by atoms with van der Waals surface area (Å²) in [6, 6.07) is 0. The Hall–Kier alpha value is -0.420. The van der Waals surface area contributed by atoms with Crippen LogP contribution in [-0.4, -0.2) is 15.7 Å². The first-order valence-electron chi connectivity index (χ1n) is 1.92. The number of hydrogen-bond acceptors (Lipinski definition) is 3. The van der Waals surface area contributed by atoms with Crippen molar-refractivity contribution in [2.75, 3.05) is 0 Å². The lowest BCUT2D eigenvalue weighted by Crippen LogP contribution is -2.18. The van der Waals surface area contributed by atoms with Crippen LogP contribution in [0, 0.1) is 0 Å². The van der Waals surface area contributed by atoms with E-state index in [0.717, 1.165) is 6.92 Å². The number of rotatable bonds is 2. The zero-order valence-corrected chi connectivity index (χ0v) is 5.46. The molecule has 0 aliphatic carbocycles. The molecule has 0 unspecified atom stereocenters. The van der Waals surface area contributed by atoms with E-state index in [2.05, 4.69) is 4.62 Å². The topological polar surface area (TPSA) is 95.9 Å². The smallest absolute Gasteiger partial charge is 0.301 e. The SMILES string of the molecule is CC(=O)NOP(=O)(O)O. The molecule has 0 aromatic rings. The van der Waals surface area contributed by atoms with Crippen molar-refractivity contribution in [2.24, 2.45) is 0 Å². The van der Waals surface area contributed by atoms with Gasteiger partial charge >= 0.3 is 7.82 Å². The molecule has 54 valence electrons. The van der Waals surface area contributed by atoms with Crippen molar-refractivity contribution in [1.29, 1.82) is 0 Å². The van der Waals surface area contributed by atoms with Gasteiger partial charge in [0, 0.05) is 6.92 Å². The summed E-state index contributed by atoms with van der Waals surface area (Å²) >= 11 is 0. The summed E-state index contributed by atoms with van der Waals surface area (Å²) in [5.74, 6) is -0.668. The fourth-order valence-corrected chi connectivity index (χ4v) is 0.371. The van der Waals surface area contributed by atoms with Crippen LogP contribution >= 0.6 is 7.82 Å². The van der Waals surface area contributed by atoms with Gasteiger partial charge in [-0.1, -0.05) is 0 Å². The molecule has 0 bridgehead atoms. The van der Waals surface area contributed by atoms with Crippen molar-refractivity contribution >= 4 is 13.7 Å². The lowest BCUT2D eigenvalue weighted by Gasteiger charge is -2.01. The van der Waals surface area contributed by atoms with Gasteiger partial charge in [-0.05, 0) is 0 Å². The first-order valence-corrected chi connectivity index (χ1v) is 3.45. The minimum absolute atomic E-state index is 0.668. The maximum absolute atomic E-state index is 9.91. The third kappa shape index (κ3) is 7.58. The van der Waals surface area contributed by atoms with Crippen LogP contribution in [0.2, 0.25) is 0 Å². The zero-order valence-electron chi connectivity index (χ0n) is 4.57. The van der Waals surface area contributed by atoms with Crippen molar-refractivity contribution in [2.45, 2.75) is 6.92 Å². The van der Waals surface area contributed by atoms with E-state index in [-0.39, 0.29) is 0 Å². The third-order valence-electron chi connectivity index (χ3n) is 0.308. The Bertz CT molecular complexity index is 149. The Kier molecular flexibility index (Phi) is 2.80. The van der Waals surface area contributed by atoms with E-state index in [1.54, 1.807) is 0 Å². The van der Waals surface area contributed by atoms with Crippen LogP contribution in [0.3, 0.4) is 0 Å². The second-order valence-corrected chi connectivity index (χ2v) is 2.40. The zero-order chi connectivity index (χ0) is 7.49. The second kappa shape index (κ2) is 2.93. The van der Waals surface area contributed by atoms with Gasteiger partial charge in [0.15, 0.2) is 0 Å². The molecule has 0 rings (SSSR count). The summed E-state index contributed by atoms with van der Waals surface area (Å²) in [7, 11) is -4.55. The lowest BCUT2D eigenvalue weighted by molar-refractivity contribution is -0.126. The summed E-state index contributed by atoms with van der Waals surface area (Å²) in [4.78, 5) is 25.8. The van der Waals surface area contributed by atoms with Gasteiger partial charge in [0.05, 0.1) is 0 Å². The van der Waals surface area contributed by atoms with Crippen LogP contribution in [0.1, 0.15) is 6.92 Å². The van der Waals surface area contributed by atoms with Crippen molar-refractivity contribution in [1.82, 2.24) is 5.48 Å². The number of amides is 1. The number of phosphoric acid groups is 1. The molecule has 0 atom stereocenters. The van der Waals surface area contributed by atoms with Gasteiger partial charge in [-0.25, -0.2) is 10.0 Å². The molecule has 0 fully saturated rings. The molecule has 0 saturated heterocycles. The minimum Gasteiger partial charge on any atom is -0.301 e. The molecule has 9 heavy (non-hydrogen) atoms. The number of carbonyl (C=O) groups is 1. The molecular formula is C2H6NO5P. The van der Waals surface area contributed by atoms with Gasteiger partial charge in [-0.2, -0.15) is 4.62 Å². The van der Waals surface area contributed by atoms with Crippen molar-refractivity contribution < 1.29 is 23.8 Å². The molecule has 0 aromatic heterocycles. The highest BCUT2D eigenvalue weighted by Crippen LogP contribution is 2.33. The fourth-order valence-electron chi connectivity index (χ4n) is 0.124. The molecule has 0 aliphatic rings. The van der Waals surface area contributed by atoms with Gasteiger partial charge in [0.2, 0.25) is 5.91 Å². The summed E-state index contributed by atoms with van der Waals surface area (Å²) in [5.41, 5.74) is 1.48. The van der Waals surface area contributed by atoms with Crippen molar-refractivity contribution in [3.05, 3.63) is 0 Å². The molecule has 0 heterocycles. The Morgan fingerprint density at radius 3 is 2.22 bits per heavy atom. The highest BCUT2D eigenvalue weighted by atomic mass is 31.2. The van der Waals surface area contributed by atoms with Crippen molar-refractivity contribution in [3.8, 4) is 0 Å². The van der Waals surface area contributed by atoms with Gasteiger partial charge in [-0.15, -0.1) is 0 Å². The second-order valence-electron chi connectivity index (χ2n) is 1.24. The fraction of sp³-hybridized carbons (Fsp3) is 0.500. The molecule has 7 heteroatoms. The number of hydroxylamine groups is 1. The average Bonchev–Trinajstić information content (AvgIpc) is 1.59. The van der Waals surface area contributed by atoms with Crippen LogP contribution in [0.25, 0.3) is 0 Å². The molecule has 6 nitrogen and oxygen atoms in total. The van der Waals surface area contributed by atoms with Crippen LogP contribution in [0.4, 0.5) is 0 Å². The standard InChI is InChI=1S/C2H6NO5P/c1-2(4)3-8-9(5,6)7/h1H3,(H,3,4)(H2,5,6,7). The van der Waals surface area contributed by atoms with E-state index in [4.69, 9.17) is 9.79 Å². The van der Waals surface area contributed by atoms with Crippen molar-refractivity contribution in [3.63, 3.8) is 0 Å². The summed E-state index contributed by atoms with van der Waals surface area (Å²) in [6.07, 6.45) is 0. The van der Waals surface area contributed by atoms with E-state index >= 15 is 0 Å². The predicted molar refractivity (Wildman–Crippen MR) is 26.9 cm³/mol. The molecule has 0 spiro atoms. The largest absolute Gasteiger partial charge is 0.491 e. The van der Waals surface area contributed by atoms with Gasteiger partial charge in [0.25, 0.3) is 0 Å². The molecule has 0 radical (unpaired) electrons. The highest BCUT2D eigenvalue weighted by molar-refractivity contribution is 7.46. The Morgan fingerprint density at radius 1 is 1.67 bits per heavy atom. The van der Waals surface area contributed by atoms with Gasteiger partial charge in [-0.3, -0.25) is 4.79 Å². The van der Waals surface area contributed by atoms with E-state index in [1.165, 1.54) is 5.48 Å². The number of hydrogen-bond donors (Lipinski definition) is 3. The Morgan fingerprint density at radius 2 is 2.11 bits per heavy atom. The van der Waals surface area contributed by atoms with Crippen LogP contribution < -0.4 is 5.48 Å². The quantitative estimate of drug-likeness (QED) is 0.356. The molecule has 3 N–H and O–H groups in total. The summed E-state index contributed by atoms with van der Waals surface area (Å²) < 4.78 is 13.4. The number of nitrogens with one attached hydrogen (secondary N) is 1. The van der Waals surface area contributed by atoms with Gasteiger partial charge in [0.1, 0.15) is 0 Å². The minimum atomic E-state index is -4.55. The predicted octanol–water partition coefficient (Wildman–Crippen LogP) is -0.853. The molecular weight excluding hydrogens is 149 g/mol. The van der Waals surface area contributed by atoms with Crippen LogP contribution in [0.5, 0.6) is 0 Å². The van der Waals surface area contributed by atoms with Gasteiger partial charge < -0.3 is 9.79 Å². The summed E-state index contributed by atoms with van der Waals surface area (Å²) in [6.45, 7) is 1.07. The third-order valence-corrected chi connectivity index (χ3v) is 0.637.